The number of methoxy groups -OCH3 is 1. The number of thiophene rings is 1. The van der Waals surface area contributed by atoms with Crippen molar-refractivity contribution in [3.8, 4) is 11.3 Å². The second-order valence-electron chi connectivity index (χ2n) is 7.13. The SMILES string of the molecule is CN=Cc1cc(-c2cc(C3CC3)c3c(N)c(SCCCOC)sc3n2)cnc1N. The van der Waals surface area contributed by atoms with Gasteiger partial charge >= 0.3 is 0 Å². The van der Waals surface area contributed by atoms with E-state index < -0.39 is 0 Å². The molecule has 3 aromatic rings. The Balaban J connectivity index is 1.76. The summed E-state index contributed by atoms with van der Waals surface area (Å²) in [6, 6.07) is 4.18. The topological polar surface area (TPSA) is 99.4 Å². The van der Waals surface area contributed by atoms with Crippen molar-refractivity contribution in [2.45, 2.75) is 29.4 Å². The van der Waals surface area contributed by atoms with Gasteiger partial charge in [0.1, 0.15) is 10.6 Å². The van der Waals surface area contributed by atoms with Crippen LogP contribution in [0.25, 0.3) is 21.5 Å². The Labute approximate surface area is 178 Å². The van der Waals surface area contributed by atoms with E-state index in [9.17, 15) is 0 Å². The monoisotopic (exact) mass is 427 g/mol. The summed E-state index contributed by atoms with van der Waals surface area (Å²) in [5, 5.41) is 1.13. The summed E-state index contributed by atoms with van der Waals surface area (Å²) in [5.41, 5.74) is 17.4. The van der Waals surface area contributed by atoms with Crippen LogP contribution in [-0.2, 0) is 4.74 Å². The minimum absolute atomic E-state index is 0.470. The van der Waals surface area contributed by atoms with Gasteiger partial charge in [-0.3, -0.25) is 4.99 Å². The molecule has 6 nitrogen and oxygen atoms in total. The van der Waals surface area contributed by atoms with Gasteiger partial charge in [0, 0.05) is 55.4 Å². The summed E-state index contributed by atoms with van der Waals surface area (Å²) in [4.78, 5) is 14.4. The maximum Gasteiger partial charge on any atom is 0.132 e. The quantitative estimate of drug-likeness (QED) is 0.310. The van der Waals surface area contributed by atoms with Crippen molar-refractivity contribution in [1.82, 2.24) is 9.97 Å². The first kappa shape index (κ1) is 20.1. The van der Waals surface area contributed by atoms with Crippen LogP contribution < -0.4 is 11.5 Å². The molecule has 8 heteroatoms. The number of rotatable bonds is 8. The van der Waals surface area contributed by atoms with Crippen molar-refractivity contribution in [2.75, 3.05) is 38.0 Å². The molecule has 3 aromatic heterocycles. The molecule has 0 atom stereocenters. The minimum Gasteiger partial charge on any atom is -0.397 e. The highest BCUT2D eigenvalue weighted by Gasteiger charge is 2.29. The molecule has 152 valence electrons. The molecule has 0 bridgehead atoms. The van der Waals surface area contributed by atoms with E-state index in [1.807, 2.05) is 6.07 Å². The highest BCUT2D eigenvalue weighted by atomic mass is 32.2. The summed E-state index contributed by atoms with van der Waals surface area (Å²) in [6.07, 6.45) is 6.92. The molecule has 0 spiro atoms. The Morgan fingerprint density at radius 1 is 1.34 bits per heavy atom. The third-order valence-corrected chi connectivity index (χ3v) is 7.42. The highest BCUT2D eigenvalue weighted by Crippen LogP contribution is 2.49. The van der Waals surface area contributed by atoms with Crippen molar-refractivity contribution < 1.29 is 4.74 Å². The molecule has 0 saturated heterocycles. The summed E-state index contributed by atoms with van der Waals surface area (Å²) in [5.74, 6) is 2.02. The standard InChI is InChI=1S/C21H25N5OS2/c1-24-10-14-8-13(11-25-19(14)23)16-9-15(12-4-5-12)17-18(22)21(29-20(17)26-16)28-7-3-6-27-2/h8-12H,3-7,22H2,1-2H3,(H2,23,25). The van der Waals surface area contributed by atoms with Gasteiger partial charge in [0.05, 0.1) is 15.6 Å². The number of hydrogen-bond acceptors (Lipinski definition) is 8. The molecule has 0 amide bonds. The number of nitrogens with two attached hydrogens (primary N) is 2. The molecule has 0 aromatic carbocycles. The number of aliphatic imine (C=N–C) groups is 1. The fourth-order valence-electron chi connectivity index (χ4n) is 3.34. The highest BCUT2D eigenvalue weighted by molar-refractivity contribution is 8.01. The third kappa shape index (κ3) is 4.24. The van der Waals surface area contributed by atoms with Gasteiger partial charge in [-0.2, -0.15) is 0 Å². The maximum absolute atomic E-state index is 6.56. The smallest absolute Gasteiger partial charge is 0.132 e. The number of nitrogens with zero attached hydrogens (tertiary/aromatic N) is 3. The molecule has 0 radical (unpaired) electrons. The number of fused-ring (bicyclic) bond motifs is 1. The van der Waals surface area contributed by atoms with Crippen LogP contribution in [0.4, 0.5) is 11.5 Å². The summed E-state index contributed by atoms with van der Waals surface area (Å²) >= 11 is 3.48. The van der Waals surface area contributed by atoms with Crippen LogP contribution in [-0.4, -0.2) is 42.7 Å². The zero-order chi connectivity index (χ0) is 20.4. The Morgan fingerprint density at radius 2 is 2.17 bits per heavy atom. The molecular formula is C21H25N5OS2. The molecule has 0 aliphatic heterocycles. The normalized spacial score (nSPS) is 14.3. The number of ether oxygens (including phenoxy) is 1. The van der Waals surface area contributed by atoms with E-state index in [2.05, 4.69) is 16.0 Å². The fraction of sp³-hybridized carbons (Fsp3) is 0.381. The number of anilines is 2. The van der Waals surface area contributed by atoms with Gasteiger partial charge < -0.3 is 16.2 Å². The van der Waals surface area contributed by atoms with E-state index in [-0.39, 0.29) is 0 Å². The van der Waals surface area contributed by atoms with E-state index in [1.54, 1.807) is 49.7 Å². The van der Waals surface area contributed by atoms with Crippen LogP contribution in [0, 0.1) is 0 Å². The molecule has 3 heterocycles. The largest absolute Gasteiger partial charge is 0.397 e. The number of hydrogen-bond donors (Lipinski definition) is 2. The van der Waals surface area contributed by atoms with Gasteiger partial charge in [0.15, 0.2) is 0 Å². The summed E-state index contributed by atoms with van der Waals surface area (Å²) in [6.45, 7) is 0.765. The zero-order valence-corrected chi connectivity index (χ0v) is 18.3. The van der Waals surface area contributed by atoms with E-state index >= 15 is 0 Å². The Morgan fingerprint density at radius 3 is 2.90 bits per heavy atom. The summed E-state index contributed by atoms with van der Waals surface area (Å²) < 4.78 is 6.30. The Hall–Kier alpha value is -2.16. The molecule has 1 fully saturated rings. The lowest BCUT2D eigenvalue weighted by Crippen LogP contribution is -1.99. The first-order valence-corrected chi connectivity index (χ1v) is 11.4. The average molecular weight is 428 g/mol. The lowest BCUT2D eigenvalue weighted by Gasteiger charge is -2.08. The van der Waals surface area contributed by atoms with E-state index in [4.69, 9.17) is 21.2 Å². The maximum atomic E-state index is 6.56. The zero-order valence-electron chi connectivity index (χ0n) is 16.6. The van der Waals surface area contributed by atoms with Gasteiger partial charge in [0.25, 0.3) is 0 Å². The van der Waals surface area contributed by atoms with Gasteiger partial charge in [-0.15, -0.1) is 23.1 Å². The van der Waals surface area contributed by atoms with Crippen molar-refractivity contribution in [2.24, 2.45) is 4.99 Å². The second kappa shape index (κ2) is 8.69. The van der Waals surface area contributed by atoms with Gasteiger partial charge in [-0.25, -0.2) is 9.97 Å². The van der Waals surface area contributed by atoms with Crippen molar-refractivity contribution in [1.29, 1.82) is 0 Å². The molecule has 4 rings (SSSR count). The van der Waals surface area contributed by atoms with Crippen LogP contribution in [0.1, 0.15) is 36.3 Å². The molecular weight excluding hydrogens is 402 g/mol. The van der Waals surface area contributed by atoms with Crippen molar-refractivity contribution in [3.63, 3.8) is 0 Å². The molecule has 0 unspecified atom stereocenters. The number of aromatic nitrogens is 2. The number of thioether (sulfide) groups is 1. The van der Waals surface area contributed by atoms with Crippen LogP contribution in [0.15, 0.2) is 27.5 Å². The lowest BCUT2D eigenvalue weighted by atomic mass is 10.0. The van der Waals surface area contributed by atoms with Crippen molar-refractivity contribution >= 4 is 51.0 Å². The van der Waals surface area contributed by atoms with Crippen LogP contribution >= 0.6 is 23.1 Å². The van der Waals surface area contributed by atoms with Crippen LogP contribution in [0.5, 0.6) is 0 Å². The first-order chi connectivity index (χ1) is 14.1. The predicted octanol–water partition coefficient (Wildman–Crippen LogP) is 4.58. The second-order valence-corrected chi connectivity index (χ2v) is 9.50. The lowest BCUT2D eigenvalue weighted by molar-refractivity contribution is 0.200. The molecule has 4 N–H and O–H groups in total. The van der Waals surface area contributed by atoms with E-state index in [0.717, 1.165) is 55.7 Å². The average Bonchev–Trinajstić information content (AvgIpc) is 3.51. The van der Waals surface area contributed by atoms with E-state index in [1.165, 1.54) is 18.4 Å². The van der Waals surface area contributed by atoms with E-state index in [0.29, 0.717) is 11.7 Å². The molecule has 29 heavy (non-hydrogen) atoms. The van der Waals surface area contributed by atoms with Gasteiger partial charge in [-0.05, 0) is 42.9 Å². The number of nitrogen functional groups attached to an aromatic ring is 2. The Kier molecular flexibility index (Phi) is 6.03. The van der Waals surface area contributed by atoms with Crippen LogP contribution in [0.2, 0.25) is 0 Å². The first-order valence-electron chi connectivity index (χ1n) is 9.65. The predicted molar refractivity (Wildman–Crippen MR) is 124 cm³/mol. The Bertz CT molecular complexity index is 1060. The minimum atomic E-state index is 0.470. The molecule has 1 aliphatic carbocycles. The fourth-order valence-corrected chi connectivity index (χ4v) is 5.63. The third-order valence-electron chi connectivity index (χ3n) is 4.95. The van der Waals surface area contributed by atoms with Gasteiger partial charge in [0.2, 0.25) is 0 Å². The van der Waals surface area contributed by atoms with Crippen LogP contribution in [0.3, 0.4) is 0 Å². The molecule has 1 aliphatic rings. The number of pyridine rings is 2. The summed E-state index contributed by atoms with van der Waals surface area (Å²) in [7, 11) is 3.46. The van der Waals surface area contributed by atoms with Gasteiger partial charge in [-0.1, -0.05) is 0 Å². The molecule has 1 saturated carbocycles. The van der Waals surface area contributed by atoms with Crippen molar-refractivity contribution in [3.05, 3.63) is 29.5 Å².